The quantitative estimate of drug-likeness (QED) is 0.783. The second kappa shape index (κ2) is 7.22. The largest absolute Gasteiger partial charge is 0.241 e. The number of rotatable bonds is 7. The number of nitrogens with one attached hydrogen (secondary N) is 1. The fourth-order valence-corrected chi connectivity index (χ4v) is 2.81. The van der Waals surface area contributed by atoms with Gasteiger partial charge >= 0.3 is 0 Å². The van der Waals surface area contributed by atoms with E-state index in [0.717, 1.165) is 11.1 Å². The summed E-state index contributed by atoms with van der Waals surface area (Å²) in [4.78, 5) is 0.256. The molecule has 1 rings (SSSR count). The molecule has 1 atom stereocenters. The molecule has 0 saturated heterocycles. The topological polar surface area (TPSA) is 46.2 Å². The van der Waals surface area contributed by atoms with E-state index in [0.29, 0.717) is 6.42 Å². The van der Waals surface area contributed by atoms with E-state index in [2.05, 4.69) is 17.9 Å². The summed E-state index contributed by atoms with van der Waals surface area (Å²) >= 11 is 0. The smallest absolute Gasteiger partial charge is 0.207 e. The molecule has 20 heavy (non-hydrogen) atoms. The molecular formula is C16H21NO2S. The Balaban J connectivity index is 2.94. The van der Waals surface area contributed by atoms with E-state index in [-0.39, 0.29) is 4.90 Å². The molecule has 1 N–H and O–H groups in total. The van der Waals surface area contributed by atoms with E-state index in [1.165, 1.54) is 0 Å². The maximum Gasteiger partial charge on any atom is 0.241 e. The third-order valence-corrected chi connectivity index (χ3v) is 4.23. The van der Waals surface area contributed by atoms with Crippen molar-refractivity contribution in [2.24, 2.45) is 0 Å². The third kappa shape index (κ3) is 4.79. The van der Waals surface area contributed by atoms with E-state index in [1.807, 2.05) is 13.0 Å². The van der Waals surface area contributed by atoms with Crippen LogP contribution in [0.2, 0.25) is 0 Å². The zero-order chi connectivity index (χ0) is 15.2. The number of hydrogen-bond donors (Lipinski definition) is 1. The lowest BCUT2D eigenvalue weighted by atomic mass is 10.1. The van der Waals surface area contributed by atoms with Crippen molar-refractivity contribution >= 4 is 10.0 Å². The summed E-state index contributed by atoms with van der Waals surface area (Å²) in [5.41, 5.74) is 1.76. The summed E-state index contributed by atoms with van der Waals surface area (Å²) in [5.74, 6) is 0. The fraction of sp³-hybridized carbons (Fsp3) is 0.250. The summed E-state index contributed by atoms with van der Waals surface area (Å²) in [5, 5.41) is 0. The molecule has 1 unspecified atom stereocenters. The molecule has 1 aromatic carbocycles. The zero-order valence-corrected chi connectivity index (χ0v) is 12.8. The number of sulfonamides is 1. The van der Waals surface area contributed by atoms with Crippen LogP contribution in [0.15, 0.2) is 66.1 Å². The van der Waals surface area contributed by atoms with E-state index in [1.54, 1.807) is 43.3 Å². The van der Waals surface area contributed by atoms with Crippen molar-refractivity contribution in [1.82, 2.24) is 4.72 Å². The van der Waals surface area contributed by atoms with Crippen LogP contribution in [0.25, 0.3) is 0 Å². The fourth-order valence-electron chi connectivity index (χ4n) is 1.57. The molecule has 4 heteroatoms. The van der Waals surface area contributed by atoms with Crippen molar-refractivity contribution in [2.45, 2.75) is 31.2 Å². The first-order valence-corrected chi connectivity index (χ1v) is 7.87. The van der Waals surface area contributed by atoms with E-state index in [9.17, 15) is 8.42 Å². The minimum atomic E-state index is -3.55. The number of allylic oxidation sites excluding steroid dienone is 2. The normalized spacial score (nSPS) is 13.3. The highest BCUT2D eigenvalue weighted by Gasteiger charge is 2.18. The minimum absolute atomic E-state index is 0.256. The van der Waals surface area contributed by atoms with Crippen molar-refractivity contribution in [3.05, 3.63) is 66.8 Å². The summed E-state index contributed by atoms with van der Waals surface area (Å²) in [6.45, 7) is 11.2. The zero-order valence-electron chi connectivity index (χ0n) is 12.0. The molecule has 0 aliphatic heterocycles. The van der Waals surface area contributed by atoms with Crippen LogP contribution in [0, 0.1) is 6.92 Å². The standard InChI is InChI=1S/C16H21NO2S/c1-5-6-7-8-16(13(2)3)17-20(18,19)15-11-9-14(4)10-12-15/h5,7-12,16-17H,1-2,6H2,3-4H3/b8-7-. The Morgan fingerprint density at radius 3 is 2.45 bits per heavy atom. The van der Waals surface area contributed by atoms with Gasteiger partial charge in [0.05, 0.1) is 10.9 Å². The highest BCUT2D eigenvalue weighted by molar-refractivity contribution is 7.89. The van der Waals surface area contributed by atoms with Crippen molar-refractivity contribution in [1.29, 1.82) is 0 Å². The van der Waals surface area contributed by atoms with Gasteiger partial charge in [-0.25, -0.2) is 13.1 Å². The molecule has 0 aliphatic carbocycles. The summed E-state index contributed by atoms with van der Waals surface area (Å²) in [6.07, 6.45) is 6.09. The lowest BCUT2D eigenvalue weighted by Gasteiger charge is -2.15. The minimum Gasteiger partial charge on any atom is -0.207 e. The molecule has 0 heterocycles. The van der Waals surface area contributed by atoms with Gasteiger partial charge in [0.2, 0.25) is 10.0 Å². The molecular weight excluding hydrogens is 270 g/mol. The van der Waals surface area contributed by atoms with E-state index < -0.39 is 16.1 Å². The number of hydrogen-bond acceptors (Lipinski definition) is 2. The summed E-state index contributed by atoms with van der Waals surface area (Å²) < 4.78 is 27.2. The molecule has 0 aromatic heterocycles. The first-order chi connectivity index (χ1) is 9.36. The van der Waals surface area contributed by atoms with Gasteiger partial charge in [0, 0.05) is 0 Å². The van der Waals surface area contributed by atoms with Gasteiger partial charge in [0.1, 0.15) is 0 Å². The van der Waals surface area contributed by atoms with Gasteiger partial charge in [-0.05, 0) is 32.4 Å². The lowest BCUT2D eigenvalue weighted by Crippen LogP contribution is -2.34. The van der Waals surface area contributed by atoms with Gasteiger partial charge in [-0.2, -0.15) is 0 Å². The average Bonchev–Trinajstić information content (AvgIpc) is 2.38. The van der Waals surface area contributed by atoms with Crippen molar-refractivity contribution < 1.29 is 8.42 Å². The van der Waals surface area contributed by atoms with Crippen LogP contribution in [0.3, 0.4) is 0 Å². The first kappa shape index (κ1) is 16.4. The van der Waals surface area contributed by atoms with Crippen molar-refractivity contribution in [2.75, 3.05) is 0 Å². The monoisotopic (exact) mass is 291 g/mol. The molecule has 0 saturated carbocycles. The Bertz CT molecular complexity index is 598. The maximum atomic E-state index is 12.3. The van der Waals surface area contributed by atoms with Gasteiger partial charge < -0.3 is 0 Å². The number of aryl methyl sites for hydroxylation is 1. The van der Waals surface area contributed by atoms with Crippen LogP contribution in [-0.2, 0) is 10.0 Å². The Kier molecular flexibility index (Phi) is 5.92. The highest BCUT2D eigenvalue weighted by atomic mass is 32.2. The first-order valence-electron chi connectivity index (χ1n) is 6.39. The molecule has 0 aliphatic rings. The molecule has 1 aromatic rings. The van der Waals surface area contributed by atoms with Gasteiger partial charge in [-0.1, -0.05) is 48.1 Å². The van der Waals surface area contributed by atoms with E-state index in [4.69, 9.17) is 0 Å². The Morgan fingerprint density at radius 1 is 1.35 bits per heavy atom. The van der Waals surface area contributed by atoms with Crippen LogP contribution in [-0.4, -0.2) is 14.5 Å². The van der Waals surface area contributed by atoms with E-state index >= 15 is 0 Å². The van der Waals surface area contributed by atoms with Crippen LogP contribution in [0.5, 0.6) is 0 Å². The van der Waals surface area contributed by atoms with Crippen molar-refractivity contribution in [3.8, 4) is 0 Å². The van der Waals surface area contributed by atoms with Crippen LogP contribution in [0.4, 0.5) is 0 Å². The van der Waals surface area contributed by atoms with Gasteiger partial charge in [-0.3, -0.25) is 0 Å². The molecule has 0 amide bonds. The van der Waals surface area contributed by atoms with Gasteiger partial charge in [-0.15, -0.1) is 6.58 Å². The predicted molar refractivity (Wildman–Crippen MR) is 84.1 cm³/mol. The molecule has 0 fully saturated rings. The second-order valence-electron chi connectivity index (χ2n) is 4.71. The molecule has 108 valence electrons. The maximum absolute atomic E-state index is 12.3. The second-order valence-corrected chi connectivity index (χ2v) is 6.42. The Hall–Kier alpha value is -1.65. The number of benzene rings is 1. The Morgan fingerprint density at radius 2 is 1.95 bits per heavy atom. The van der Waals surface area contributed by atoms with Crippen LogP contribution >= 0.6 is 0 Å². The van der Waals surface area contributed by atoms with Crippen LogP contribution < -0.4 is 4.72 Å². The predicted octanol–water partition coefficient (Wildman–Crippen LogP) is 3.35. The highest BCUT2D eigenvalue weighted by Crippen LogP contribution is 2.12. The third-order valence-electron chi connectivity index (χ3n) is 2.78. The van der Waals surface area contributed by atoms with Crippen molar-refractivity contribution in [3.63, 3.8) is 0 Å². The molecule has 0 bridgehead atoms. The molecule has 0 spiro atoms. The summed E-state index contributed by atoms with van der Waals surface area (Å²) in [6, 6.07) is 6.33. The molecule has 0 radical (unpaired) electrons. The Labute approximate surface area is 121 Å². The lowest BCUT2D eigenvalue weighted by molar-refractivity contribution is 0.578. The summed E-state index contributed by atoms with van der Waals surface area (Å²) in [7, 11) is -3.55. The molecule has 3 nitrogen and oxygen atoms in total. The van der Waals surface area contributed by atoms with Gasteiger partial charge in [0.25, 0.3) is 0 Å². The van der Waals surface area contributed by atoms with Crippen LogP contribution in [0.1, 0.15) is 18.9 Å². The SMILES string of the molecule is C=CC/C=C\C(NS(=O)(=O)c1ccc(C)cc1)C(=C)C. The average molecular weight is 291 g/mol. The van der Waals surface area contributed by atoms with Gasteiger partial charge in [0.15, 0.2) is 0 Å².